The number of alkyl halides is 1. The van der Waals surface area contributed by atoms with Crippen molar-refractivity contribution < 1.29 is 45.0 Å². The van der Waals surface area contributed by atoms with E-state index < -0.39 is 85.3 Å². The predicted molar refractivity (Wildman–Crippen MR) is 144 cm³/mol. The Labute approximate surface area is 245 Å². The summed E-state index contributed by atoms with van der Waals surface area (Å²) in [5, 5.41) is 0. The van der Waals surface area contributed by atoms with Gasteiger partial charge in [0.15, 0.2) is 41.3 Å². The van der Waals surface area contributed by atoms with Gasteiger partial charge in [-0.3, -0.25) is 32.1 Å². The van der Waals surface area contributed by atoms with Gasteiger partial charge >= 0.3 is 7.82 Å². The number of anilines is 2. The highest BCUT2D eigenvalue weighted by Gasteiger charge is 2.52. The van der Waals surface area contributed by atoms with Crippen LogP contribution < -0.4 is 17.0 Å². The normalized spacial score (nSPS) is 34.4. The summed E-state index contributed by atoms with van der Waals surface area (Å²) in [7, 11) is -9.33. The van der Waals surface area contributed by atoms with Crippen molar-refractivity contribution in [3.05, 3.63) is 29.3 Å². The van der Waals surface area contributed by atoms with Gasteiger partial charge in [-0.2, -0.15) is 13.4 Å². The Morgan fingerprint density at radius 2 is 1.80 bits per heavy atom. The van der Waals surface area contributed by atoms with E-state index in [1.807, 2.05) is 0 Å². The maximum Gasteiger partial charge on any atom is 0.472 e. The second-order valence-corrected chi connectivity index (χ2v) is 13.4. The Morgan fingerprint density at radius 3 is 2.59 bits per heavy atom. The highest BCUT2D eigenvalue weighted by atomic mass is 32.2. The fourth-order valence-electron chi connectivity index (χ4n) is 5.47. The van der Waals surface area contributed by atoms with Crippen LogP contribution in [0.1, 0.15) is 25.3 Å². The highest BCUT2D eigenvalue weighted by Crippen LogP contribution is 2.51. The number of aromatic nitrogens is 8. The minimum Gasteiger partial charge on any atom is -0.382 e. The number of phosphoric ester groups is 1. The minimum absolute atomic E-state index is 0.0117. The molecule has 4 aromatic heterocycles. The summed E-state index contributed by atoms with van der Waals surface area (Å²) in [5.74, 6) is -0.887. The molecule has 1 unspecified atom stereocenters. The van der Waals surface area contributed by atoms with Gasteiger partial charge in [-0.15, -0.1) is 0 Å². The van der Waals surface area contributed by atoms with E-state index in [1.54, 1.807) is 0 Å². The van der Waals surface area contributed by atoms with Crippen LogP contribution in [0.3, 0.4) is 0 Å². The third-order valence-electron chi connectivity index (χ3n) is 7.40. The van der Waals surface area contributed by atoms with E-state index in [0.717, 1.165) is 6.33 Å². The van der Waals surface area contributed by atoms with E-state index in [1.165, 1.54) is 21.8 Å². The molecule has 4 aromatic rings. The molecule has 236 valence electrons. The van der Waals surface area contributed by atoms with Crippen molar-refractivity contribution in [2.75, 3.05) is 23.8 Å². The fourth-order valence-corrected chi connectivity index (χ4v) is 7.62. The Kier molecular flexibility index (Phi) is 6.93. The van der Waals surface area contributed by atoms with Crippen LogP contribution >= 0.6 is 7.82 Å². The van der Waals surface area contributed by atoms with Crippen LogP contribution in [0.4, 0.5) is 16.2 Å². The Balaban J connectivity index is 1.19. The van der Waals surface area contributed by atoms with E-state index in [9.17, 15) is 22.7 Å². The van der Waals surface area contributed by atoms with Crippen molar-refractivity contribution in [2.45, 2.75) is 55.9 Å². The first-order valence-electron chi connectivity index (χ1n) is 13.1. The second kappa shape index (κ2) is 10.5. The summed E-state index contributed by atoms with van der Waals surface area (Å²) in [6.07, 6.45) is -7.09. The quantitative estimate of drug-likeness (QED) is 0.152. The van der Waals surface area contributed by atoms with Crippen LogP contribution in [0, 0.1) is 0 Å². The largest absolute Gasteiger partial charge is 0.472 e. The number of nitrogens with zero attached hydrogens (tertiary/aromatic N) is 7. The monoisotopic (exact) mass is 658 g/mol. The molecule has 0 spiro atoms. The summed E-state index contributed by atoms with van der Waals surface area (Å²) >= 11 is 0. The molecule has 3 aliphatic heterocycles. The Morgan fingerprint density at radius 1 is 1.05 bits per heavy atom. The molecule has 0 radical (unpaired) electrons. The first-order valence-corrected chi connectivity index (χ1v) is 16.1. The summed E-state index contributed by atoms with van der Waals surface area (Å²) in [4.78, 5) is 45.2. The van der Waals surface area contributed by atoms with Gasteiger partial charge < -0.3 is 25.8 Å². The Hall–Kier alpha value is -3.63. The van der Waals surface area contributed by atoms with Crippen LogP contribution in [0.2, 0.25) is 0 Å². The van der Waals surface area contributed by atoms with Crippen LogP contribution in [0.25, 0.3) is 22.3 Å². The molecule has 7 heterocycles. The van der Waals surface area contributed by atoms with E-state index >= 15 is 4.39 Å². The lowest BCUT2D eigenvalue weighted by atomic mass is 10.1. The number of aromatic amines is 1. The topological polar surface area (TPSA) is 277 Å². The standard InChI is InChI=1S/C21H24FN10O10PS/c22-11-14-9(40-20(11)31-6-27-12-15(23)25-5-26-16(12)31)1-2-44(36,37)42-10-3-8(4-38-43(34,35)41-14)39-19(10)32-7-28-13-17(32)29-21(24)30-18(13)33/h5-11,14,19-20H,1-4H2,(H,34,35)(H2,23,25,26)(H3,24,29,30,33)/t8-,9+,10+,11-,14+,19+,20+/m0/s1. The molecular formula is C21H24FN10O10PS. The number of nitrogens with two attached hydrogens (primary N) is 2. The molecule has 7 rings (SSSR count). The van der Waals surface area contributed by atoms with Crippen molar-refractivity contribution in [3.63, 3.8) is 0 Å². The van der Waals surface area contributed by atoms with Crippen LogP contribution in [0.5, 0.6) is 0 Å². The maximum absolute atomic E-state index is 15.9. The summed E-state index contributed by atoms with van der Waals surface area (Å²) < 4.78 is 85.4. The number of fused-ring (bicyclic) bond motifs is 5. The molecule has 0 aliphatic carbocycles. The molecule has 3 fully saturated rings. The van der Waals surface area contributed by atoms with Crippen LogP contribution in [0.15, 0.2) is 23.8 Å². The average molecular weight is 659 g/mol. The van der Waals surface area contributed by atoms with Crippen molar-refractivity contribution in [1.29, 1.82) is 0 Å². The number of nitrogen functional groups attached to an aromatic ring is 2. The highest BCUT2D eigenvalue weighted by molar-refractivity contribution is 7.86. The van der Waals surface area contributed by atoms with Crippen molar-refractivity contribution >= 4 is 52.0 Å². The molecule has 44 heavy (non-hydrogen) atoms. The molecule has 2 bridgehead atoms. The van der Waals surface area contributed by atoms with Gasteiger partial charge in [0.1, 0.15) is 24.1 Å². The summed E-state index contributed by atoms with van der Waals surface area (Å²) in [6.45, 7) is -0.575. The fraction of sp³-hybridized carbons (Fsp3) is 0.524. The molecule has 3 aliphatic rings. The molecule has 8 atom stereocenters. The maximum atomic E-state index is 15.9. The molecule has 0 amide bonds. The first kappa shape index (κ1) is 29.1. The van der Waals surface area contributed by atoms with Crippen molar-refractivity contribution in [3.8, 4) is 0 Å². The van der Waals surface area contributed by atoms with Gasteiger partial charge in [-0.05, 0) is 6.42 Å². The Bertz CT molecular complexity index is 1970. The number of phosphoric acid groups is 1. The van der Waals surface area contributed by atoms with Gasteiger partial charge in [0, 0.05) is 6.42 Å². The first-order chi connectivity index (χ1) is 20.9. The van der Waals surface area contributed by atoms with Gasteiger partial charge in [-0.1, -0.05) is 0 Å². The number of imidazole rings is 2. The zero-order valence-electron chi connectivity index (χ0n) is 22.2. The smallest absolute Gasteiger partial charge is 0.382 e. The average Bonchev–Trinajstić information content (AvgIpc) is 3.72. The van der Waals surface area contributed by atoms with Crippen LogP contribution in [-0.4, -0.2) is 95.3 Å². The number of rotatable bonds is 2. The molecule has 6 N–H and O–H groups in total. The van der Waals surface area contributed by atoms with Crippen molar-refractivity contribution in [1.82, 2.24) is 39.0 Å². The number of H-pyrrole nitrogens is 1. The molecule has 20 nitrogen and oxygen atoms in total. The van der Waals surface area contributed by atoms with Crippen molar-refractivity contribution in [2.24, 2.45) is 0 Å². The van der Waals surface area contributed by atoms with Gasteiger partial charge in [0.2, 0.25) is 5.95 Å². The number of nitrogens with one attached hydrogen (secondary N) is 1. The van der Waals surface area contributed by atoms with E-state index in [0.29, 0.717) is 0 Å². The summed E-state index contributed by atoms with van der Waals surface area (Å²) in [6, 6.07) is 0. The zero-order chi connectivity index (χ0) is 31.0. The molecule has 0 saturated carbocycles. The third-order valence-corrected chi connectivity index (χ3v) is 9.66. The molecule has 23 heteroatoms. The SMILES string of the molecule is Nc1nc2c(ncn2[C@@H]2O[C@@H]3COP(=O)(O)O[C@H]4[C@H](F)[C@H](n5cnc6c(N)ncnc65)O[C@@H]4CCS(=O)(=O)O[C@@H]2C3)c(=O)[nH]1. The van der Waals surface area contributed by atoms with E-state index in [-0.39, 0.29) is 40.5 Å². The number of hydrogen-bond acceptors (Lipinski definition) is 16. The lowest BCUT2D eigenvalue weighted by molar-refractivity contribution is -0.0488. The van der Waals surface area contributed by atoms with Crippen LogP contribution in [-0.2, 0) is 37.4 Å². The molecular weight excluding hydrogens is 634 g/mol. The zero-order valence-corrected chi connectivity index (χ0v) is 24.0. The number of ether oxygens (including phenoxy) is 2. The lowest BCUT2D eigenvalue weighted by Gasteiger charge is -2.24. The van der Waals surface area contributed by atoms with Gasteiger partial charge in [0.05, 0.1) is 37.2 Å². The van der Waals surface area contributed by atoms with Gasteiger partial charge in [-0.25, -0.2) is 28.9 Å². The minimum atomic E-state index is -4.97. The lowest BCUT2D eigenvalue weighted by Crippen LogP contribution is -2.33. The van der Waals surface area contributed by atoms with E-state index in [2.05, 4.69) is 29.9 Å². The third kappa shape index (κ3) is 5.11. The predicted octanol–water partition coefficient (Wildman–Crippen LogP) is -0.732. The number of hydrogen-bond donors (Lipinski definition) is 4. The molecule has 3 saturated heterocycles. The summed E-state index contributed by atoms with van der Waals surface area (Å²) in [5.41, 5.74) is 11.0. The molecule has 0 aromatic carbocycles. The van der Waals surface area contributed by atoms with Gasteiger partial charge in [0.25, 0.3) is 15.7 Å². The second-order valence-electron chi connectivity index (χ2n) is 10.3. The van der Waals surface area contributed by atoms with E-state index in [4.69, 9.17) is 34.2 Å². The number of halogens is 1.